The fourth-order valence-corrected chi connectivity index (χ4v) is 1.84. The van der Waals surface area contributed by atoms with Gasteiger partial charge in [-0.15, -0.1) is 0 Å². The Balaban J connectivity index is 2.22. The number of rotatable bonds is 3. The molecule has 2 heterocycles. The van der Waals surface area contributed by atoms with E-state index in [-0.39, 0.29) is 0 Å². The lowest BCUT2D eigenvalue weighted by molar-refractivity contribution is 0.397. The smallest absolute Gasteiger partial charge is 0.0865 e. The second-order valence-electron chi connectivity index (χ2n) is 3.64. The van der Waals surface area contributed by atoms with Crippen LogP contribution in [0.4, 0.5) is 0 Å². The summed E-state index contributed by atoms with van der Waals surface area (Å²) in [6.45, 7) is 5.17. The van der Waals surface area contributed by atoms with Crippen molar-refractivity contribution in [2.24, 2.45) is 0 Å². The topological polar surface area (TPSA) is 30.4 Å². The minimum atomic E-state index is 0.417. The van der Waals surface area contributed by atoms with Crippen molar-refractivity contribution in [2.75, 3.05) is 6.61 Å². The van der Waals surface area contributed by atoms with E-state index in [0.29, 0.717) is 12.1 Å². The maximum Gasteiger partial charge on any atom is 0.0865 e. The van der Waals surface area contributed by atoms with Crippen molar-refractivity contribution in [1.29, 1.82) is 0 Å². The van der Waals surface area contributed by atoms with Crippen molar-refractivity contribution in [2.45, 2.75) is 32.4 Å². The van der Waals surface area contributed by atoms with E-state index >= 15 is 0 Å². The van der Waals surface area contributed by atoms with Crippen LogP contribution in [0.25, 0.3) is 0 Å². The summed E-state index contributed by atoms with van der Waals surface area (Å²) >= 11 is 3.50. The van der Waals surface area contributed by atoms with Gasteiger partial charge in [-0.2, -0.15) is 5.10 Å². The Labute approximate surface area is 86.2 Å². The SMILES string of the molecule is CC(C)n1ncc(Br)c1CC1CO1. The number of ether oxygens (including phenoxy) is 1. The largest absolute Gasteiger partial charge is 0.373 e. The maximum absolute atomic E-state index is 5.21. The van der Waals surface area contributed by atoms with Gasteiger partial charge < -0.3 is 4.74 Å². The lowest BCUT2D eigenvalue weighted by atomic mass is 10.2. The summed E-state index contributed by atoms with van der Waals surface area (Å²) in [4.78, 5) is 0. The highest BCUT2D eigenvalue weighted by molar-refractivity contribution is 9.10. The average molecular weight is 245 g/mol. The van der Waals surface area contributed by atoms with Crippen LogP contribution in [-0.4, -0.2) is 22.5 Å². The summed E-state index contributed by atoms with van der Waals surface area (Å²) in [7, 11) is 0. The Bertz CT molecular complexity index is 305. The molecule has 1 aliphatic rings. The highest BCUT2D eigenvalue weighted by Gasteiger charge is 2.26. The van der Waals surface area contributed by atoms with Gasteiger partial charge in [-0.25, -0.2) is 0 Å². The zero-order valence-corrected chi connectivity index (χ0v) is 9.41. The molecule has 0 N–H and O–H groups in total. The standard InChI is InChI=1S/C9H13BrN2O/c1-6(2)12-9(3-7-5-13-7)8(10)4-11-12/h4,6-7H,3,5H2,1-2H3. The summed E-state index contributed by atoms with van der Waals surface area (Å²) in [5.74, 6) is 0. The van der Waals surface area contributed by atoms with Gasteiger partial charge in [0.15, 0.2) is 0 Å². The first kappa shape index (κ1) is 9.21. The Kier molecular flexibility index (Phi) is 2.43. The van der Waals surface area contributed by atoms with Crippen molar-refractivity contribution in [3.05, 3.63) is 16.4 Å². The van der Waals surface area contributed by atoms with Gasteiger partial charge in [-0.1, -0.05) is 0 Å². The number of hydrogen-bond donors (Lipinski definition) is 0. The van der Waals surface area contributed by atoms with Crippen molar-refractivity contribution in [3.63, 3.8) is 0 Å². The summed E-state index contributed by atoms with van der Waals surface area (Å²) in [5.41, 5.74) is 1.25. The molecule has 1 atom stereocenters. The molecule has 1 fully saturated rings. The first-order valence-corrected chi connectivity index (χ1v) is 5.31. The second-order valence-corrected chi connectivity index (χ2v) is 4.49. The first-order valence-electron chi connectivity index (χ1n) is 4.52. The fourth-order valence-electron chi connectivity index (χ4n) is 1.40. The van der Waals surface area contributed by atoms with E-state index in [9.17, 15) is 0 Å². The van der Waals surface area contributed by atoms with E-state index in [4.69, 9.17) is 4.74 Å². The summed E-state index contributed by atoms with van der Waals surface area (Å²) in [5, 5.41) is 4.31. The summed E-state index contributed by atoms with van der Waals surface area (Å²) in [6.07, 6.45) is 3.25. The molecule has 72 valence electrons. The Hall–Kier alpha value is -0.350. The molecule has 0 amide bonds. The van der Waals surface area contributed by atoms with E-state index in [1.165, 1.54) is 5.69 Å². The third-order valence-electron chi connectivity index (χ3n) is 2.16. The third kappa shape index (κ3) is 1.94. The molecule has 0 aliphatic carbocycles. The number of halogens is 1. The van der Waals surface area contributed by atoms with Crippen LogP contribution in [0.2, 0.25) is 0 Å². The molecule has 2 rings (SSSR count). The van der Waals surface area contributed by atoms with E-state index in [1.54, 1.807) is 0 Å². The number of hydrogen-bond acceptors (Lipinski definition) is 2. The second kappa shape index (κ2) is 3.42. The molecule has 0 bridgehead atoms. The van der Waals surface area contributed by atoms with Crippen LogP contribution in [0.1, 0.15) is 25.6 Å². The highest BCUT2D eigenvalue weighted by Crippen LogP contribution is 2.24. The molecule has 13 heavy (non-hydrogen) atoms. The highest BCUT2D eigenvalue weighted by atomic mass is 79.9. The van der Waals surface area contributed by atoms with Crippen LogP contribution in [-0.2, 0) is 11.2 Å². The molecule has 0 aromatic carbocycles. The molecule has 1 saturated heterocycles. The molecule has 1 aliphatic heterocycles. The number of aromatic nitrogens is 2. The predicted octanol–water partition coefficient (Wildman–Crippen LogP) is 2.17. The van der Waals surface area contributed by atoms with Gasteiger partial charge >= 0.3 is 0 Å². The van der Waals surface area contributed by atoms with Gasteiger partial charge in [0.05, 0.1) is 29.1 Å². The lowest BCUT2D eigenvalue weighted by Gasteiger charge is -2.10. The molecular weight excluding hydrogens is 232 g/mol. The quantitative estimate of drug-likeness (QED) is 0.764. The van der Waals surface area contributed by atoms with Crippen LogP contribution >= 0.6 is 15.9 Å². The maximum atomic E-state index is 5.21. The zero-order valence-electron chi connectivity index (χ0n) is 7.83. The monoisotopic (exact) mass is 244 g/mol. The molecule has 4 heteroatoms. The van der Waals surface area contributed by atoms with Crippen LogP contribution in [0.5, 0.6) is 0 Å². The summed E-state index contributed by atoms with van der Waals surface area (Å²) in [6, 6.07) is 0.417. The van der Waals surface area contributed by atoms with Crippen LogP contribution < -0.4 is 0 Å². The average Bonchev–Trinajstić information content (AvgIpc) is 2.78. The molecule has 0 radical (unpaired) electrons. The minimum Gasteiger partial charge on any atom is -0.373 e. The molecule has 3 nitrogen and oxygen atoms in total. The third-order valence-corrected chi connectivity index (χ3v) is 2.82. The number of nitrogens with zero attached hydrogens (tertiary/aromatic N) is 2. The van der Waals surface area contributed by atoms with Gasteiger partial charge in [0.25, 0.3) is 0 Å². The fraction of sp³-hybridized carbons (Fsp3) is 0.667. The van der Waals surface area contributed by atoms with E-state index < -0.39 is 0 Å². The van der Waals surface area contributed by atoms with Gasteiger partial charge in [0.1, 0.15) is 0 Å². The predicted molar refractivity (Wildman–Crippen MR) is 53.8 cm³/mol. The summed E-state index contributed by atoms with van der Waals surface area (Å²) < 4.78 is 8.35. The molecular formula is C9H13BrN2O. The van der Waals surface area contributed by atoms with Crippen molar-refractivity contribution >= 4 is 15.9 Å². The first-order chi connectivity index (χ1) is 6.18. The molecule has 1 aromatic rings. The van der Waals surface area contributed by atoms with E-state index in [2.05, 4.69) is 34.9 Å². The molecule has 1 unspecified atom stereocenters. The molecule has 0 saturated carbocycles. The van der Waals surface area contributed by atoms with Gasteiger partial charge in [0, 0.05) is 12.5 Å². The lowest BCUT2D eigenvalue weighted by Crippen LogP contribution is -2.09. The number of epoxide rings is 1. The van der Waals surface area contributed by atoms with Crippen molar-refractivity contribution in [1.82, 2.24) is 9.78 Å². The van der Waals surface area contributed by atoms with Gasteiger partial charge in [-0.3, -0.25) is 4.68 Å². The Morgan fingerprint density at radius 3 is 3.00 bits per heavy atom. The normalized spacial score (nSPS) is 21.1. The van der Waals surface area contributed by atoms with Crippen LogP contribution in [0, 0.1) is 0 Å². The zero-order chi connectivity index (χ0) is 9.42. The van der Waals surface area contributed by atoms with Gasteiger partial charge in [-0.05, 0) is 29.8 Å². The molecule has 1 aromatic heterocycles. The van der Waals surface area contributed by atoms with Crippen LogP contribution in [0.3, 0.4) is 0 Å². The van der Waals surface area contributed by atoms with Crippen LogP contribution in [0.15, 0.2) is 10.7 Å². The Morgan fingerprint density at radius 2 is 2.46 bits per heavy atom. The van der Waals surface area contributed by atoms with E-state index in [1.807, 2.05) is 10.9 Å². The van der Waals surface area contributed by atoms with Crippen molar-refractivity contribution in [3.8, 4) is 0 Å². The molecule has 0 spiro atoms. The minimum absolute atomic E-state index is 0.417. The van der Waals surface area contributed by atoms with E-state index in [0.717, 1.165) is 17.5 Å². The van der Waals surface area contributed by atoms with Crippen molar-refractivity contribution < 1.29 is 4.74 Å². The van der Waals surface area contributed by atoms with Gasteiger partial charge in [0.2, 0.25) is 0 Å². The Morgan fingerprint density at radius 1 is 1.77 bits per heavy atom.